The topological polar surface area (TPSA) is 9.23 Å². The summed E-state index contributed by atoms with van der Waals surface area (Å²) in [6.07, 6.45) is 0. The zero-order chi connectivity index (χ0) is 9.14. The van der Waals surface area contributed by atoms with Gasteiger partial charge in [0, 0.05) is 10.6 Å². The lowest BCUT2D eigenvalue weighted by molar-refractivity contribution is 0.411. The molecule has 1 aromatic rings. The molecule has 0 aromatic heterocycles. The molecule has 0 saturated heterocycles. The van der Waals surface area contributed by atoms with Crippen LogP contribution in [0, 0.1) is 6.92 Å². The maximum atomic E-state index is 5.91. The van der Waals surface area contributed by atoms with Crippen LogP contribution in [0.3, 0.4) is 0 Å². The van der Waals surface area contributed by atoms with E-state index in [-0.39, 0.29) is 0 Å². The highest BCUT2D eigenvalue weighted by atomic mass is 35.5. The molecule has 0 amide bonds. The molecule has 1 aromatic carbocycles. The van der Waals surface area contributed by atoms with Crippen LogP contribution in [0.5, 0.6) is 5.75 Å². The molecule has 1 rings (SSSR count). The SMILES string of the molecule is COc1ccc(Cl)c(C)c1CCl. The second-order valence-corrected chi connectivity index (χ2v) is 3.16. The third-order valence-electron chi connectivity index (χ3n) is 1.84. The molecule has 12 heavy (non-hydrogen) atoms. The van der Waals surface area contributed by atoms with Gasteiger partial charge in [0.15, 0.2) is 0 Å². The summed E-state index contributed by atoms with van der Waals surface area (Å²) in [7, 11) is 1.62. The van der Waals surface area contributed by atoms with Gasteiger partial charge in [0.05, 0.1) is 13.0 Å². The molecule has 3 heteroatoms. The molecule has 0 N–H and O–H groups in total. The lowest BCUT2D eigenvalue weighted by Gasteiger charge is -2.09. The summed E-state index contributed by atoms with van der Waals surface area (Å²) in [6.45, 7) is 1.93. The van der Waals surface area contributed by atoms with E-state index in [9.17, 15) is 0 Å². The molecular formula is C9H10Cl2O. The average Bonchev–Trinajstić information content (AvgIpc) is 2.09. The van der Waals surface area contributed by atoms with Crippen LogP contribution in [0.25, 0.3) is 0 Å². The van der Waals surface area contributed by atoms with Gasteiger partial charge in [0.25, 0.3) is 0 Å². The van der Waals surface area contributed by atoms with Crippen molar-refractivity contribution in [2.75, 3.05) is 7.11 Å². The van der Waals surface area contributed by atoms with Crippen LogP contribution in [0.1, 0.15) is 11.1 Å². The second-order valence-electron chi connectivity index (χ2n) is 2.49. The van der Waals surface area contributed by atoms with Crippen LogP contribution in [0.2, 0.25) is 5.02 Å². The molecule has 0 fully saturated rings. The van der Waals surface area contributed by atoms with Crippen LogP contribution in [0.4, 0.5) is 0 Å². The highest BCUT2D eigenvalue weighted by Gasteiger charge is 2.07. The molecule has 0 radical (unpaired) electrons. The second kappa shape index (κ2) is 4.01. The number of halogens is 2. The third kappa shape index (κ3) is 1.67. The molecule has 0 saturated carbocycles. The third-order valence-corrected chi connectivity index (χ3v) is 2.52. The molecule has 0 aliphatic heterocycles. The first-order valence-electron chi connectivity index (χ1n) is 3.58. The number of methoxy groups -OCH3 is 1. The minimum absolute atomic E-state index is 0.426. The first kappa shape index (κ1) is 9.69. The molecule has 0 spiro atoms. The normalized spacial score (nSPS) is 10.0. The van der Waals surface area contributed by atoms with E-state index in [1.54, 1.807) is 7.11 Å². The van der Waals surface area contributed by atoms with E-state index in [1.165, 1.54) is 0 Å². The Hall–Kier alpha value is -0.400. The molecule has 0 bridgehead atoms. The zero-order valence-corrected chi connectivity index (χ0v) is 8.54. The zero-order valence-electron chi connectivity index (χ0n) is 7.03. The van der Waals surface area contributed by atoms with Gasteiger partial charge in [0.1, 0.15) is 5.75 Å². The number of benzene rings is 1. The molecule has 0 aliphatic rings. The number of ether oxygens (including phenoxy) is 1. The largest absolute Gasteiger partial charge is 0.496 e. The number of alkyl halides is 1. The molecule has 0 atom stereocenters. The summed E-state index contributed by atoms with van der Waals surface area (Å²) >= 11 is 11.7. The summed E-state index contributed by atoms with van der Waals surface area (Å²) in [5, 5.41) is 0.728. The summed E-state index contributed by atoms with van der Waals surface area (Å²) in [6, 6.07) is 3.64. The summed E-state index contributed by atoms with van der Waals surface area (Å²) in [5.41, 5.74) is 1.96. The summed E-state index contributed by atoms with van der Waals surface area (Å²) in [4.78, 5) is 0. The standard InChI is InChI=1S/C9H10Cl2O/c1-6-7(5-10)9(12-2)4-3-8(6)11/h3-4H,5H2,1-2H3. The van der Waals surface area contributed by atoms with Gasteiger partial charge in [-0.3, -0.25) is 0 Å². The van der Waals surface area contributed by atoms with Crippen LogP contribution in [-0.2, 0) is 5.88 Å². The van der Waals surface area contributed by atoms with Crippen LogP contribution >= 0.6 is 23.2 Å². The highest BCUT2D eigenvalue weighted by molar-refractivity contribution is 6.31. The van der Waals surface area contributed by atoms with Crippen molar-refractivity contribution in [3.05, 3.63) is 28.3 Å². The van der Waals surface area contributed by atoms with Gasteiger partial charge < -0.3 is 4.74 Å². The van der Waals surface area contributed by atoms with Crippen LogP contribution in [-0.4, -0.2) is 7.11 Å². The Kier molecular flexibility index (Phi) is 3.24. The van der Waals surface area contributed by atoms with E-state index in [2.05, 4.69) is 0 Å². The minimum atomic E-state index is 0.426. The van der Waals surface area contributed by atoms with Gasteiger partial charge in [-0.1, -0.05) is 11.6 Å². The maximum Gasteiger partial charge on any atom is 0.123 e. The predicted molar refractivity (Wildman–Crippen MR) is 52.3 cm³/mol. The van der Waals surface area contributed by atoms with E-state index in [1.807, 2.05) is 19.1 Å². The molecule has 0 heterocycles. The van der Waals surface area contributed by atoms with Crippen molar-refractivity contribution in [2.45, 2.75) is 12.8 Å². The number of rotatable bonds is 2. The van der Waals surface area contributed by atoms with Crippen molar-refractivity contribution in [1.82, 2.24) is 0 Å². The van der Waals surface area contributed by atoms with Gasteiger partial charge in [0.2, 0.25) is 0 Å². The average molecular weight is 205 g/mol. The Morgan fingerprint density at radius 3 is 2.58 bits per heavy atom. The lowest BCUT2D eigenvalue weighted by Crippen LogP contribution is -1.93. The van der Waals surface area contributed by atoms with E-state index in [0.29, 0.717) is 5.88 Å². The van der Waals surface area contributed by atoms with E-state index in [4.69, 9.17) is 27.9 Å². The maximum absolute atomic E-state index is 5.91. The predicted octanol–water partition coefficient (Wildman–Crippen LogP) is 3.40. The van der Waals surface area contributed by atoms with Gasteiger partial charge in [-0.15, -0.1) is 11.6 Å². The van der Waals surface area contributed by atoms with Crippen LogP contribution < -0.4 is 4.74 Å². The minimum Gasteiger partial charge on any atom is -0.496 e. The van der Waals surface area contributed by atoms with Crippen molar-refractivity contribution in [3.8, 4) is 5.75 Å². The Labute approximate surface area is 82.2 Å². The lowest BCUT2D eigenvalue weighted by atomic mass is 10.1. The van der Waals surface area contributed by atoms with E-state index >= 15 is 0 Å². The Balaban J connectivity index is 3.25. The molecule has 0 aliphatic carbocycles. The summed E-state index contributed by atoms with van der Waals surface area (Å²) in [5.74, 6) is 1.22. The smallest absolute Gasteiger partial charge is 0.123 e. The van der Waals surface area contributed by atoms with E-state index < -0.39 is 0 Å². The van der Waals surface area contributed by atoms with Crippen LogP contribution in [0.15, 0.2) is 12.1 Å². The Bertz CT molecular complexity index is 284. The quantitative estimate of drug-likeness (QED) is 0.672. The van der Waals surface area contributed by atoms with Gasteiger partial charge in [-0.2, -0.15) is 0 Å². The highest BCUT2D eigenvalue weighted by Crippen LogP contribution is 2.28. The van der Waals surface area contributed by atoms with Crippen molar-refractivity contribution >= 4 is 23.2 Å². The molecule has 0 unspecified atom stereocenters. The molecule has 66 valence electrons. The fourth-order valence-electron chi connectivity index (χ4n) is 1.06. The first-order chi connectivity index (χ1) is 5.70. The fourth-order valence-corrected chi connectivity index (χ4v) is 1.57. The Morgan fingerprint density at radius 2 is 2.08 bits per heavy atom. The van der Waals surface area contributed by atoms with Crippen molar-refractivity contribution in [1.29, 1.82) is 0 Å². The first-order valence-corrected chi connectivity index (χ1v) is 4.50. The number of hydrogen-bond acceptors (Lipinski definition) is 1. The van der Waals surface area contributed by atoms with Crippen molar-refractivity contribution in [3.63, 3.8) is 0 Å². The van der Waals surface area contributed by atoms with Crippen molar-refractivity contribution in [2.24, 2.45) is 0 Å². The van der Waals surface area contributed by atoms with Gasteiger partial charge in [-0.25, -0.2) is 0 Å². The number of hydrogen-bond donors (Lipinski definition) is 0. The summed E-state index contributed by atoms with van der Waals surface area (Å²) < 4.78 is 5.13. The van der Waals surface area contributed by atoms with Gasteiger partial charge >= 0.3 is 0 Å². The van der Waals surface area contributed by atoms with Crippen molar-refractivity contribution < 1.29 is 4.74 Å². The van der Waals surface area contributed by atoms with E-state index in [0.717, 1.165) is 21.9 Å². The fraction of sp³-hybridized carbons (Fsp3) is 0.333. The molecular weight excluding hydrogens is 195 g/mol. The molecule has 1 nitrogen and oxygen atoms in total. The van der Waals surface area contributed by atoms with Gasteiger partial charge in [-0.05, 0) is 24.6 Å². The monoisotopic (exact) mass is 204 g/mol. The Morgan fingerprint density at radius 1 is 1.42 bits per heavy atom.